The molecule has 0 saturated heterocycles. The third kappa shape index (κ3) is 6.16. The van der Waals surface area contributed by atoms with Crippen molar-refractivity contribution in [1.29, 1.82) is 5.41 Å². The number of amides is 2. The predicted octanol–water partition coefficient (Wildman–Crippen LogP) is 2.88. The molecular formula is C26H36N6O3. The molecule has 0 atom stereocenters. The zero-order chi connectivity index (χ0) is 25.8. The number of carbonyl (C=O) groups excluding carboxylic acids is 2. The molecule has 1 aliphatic rings. The van der Waals surface area contributed by atoms with E-state index in [1.807, 2.05) is 38.8 Å². The summed E-state index contributed by atoms with van der Waals surface area (Å²) in [5.41, 5.74) is 7.94. The lowest BCUT2D eigenvalue weighted by Gasteiger charge is -2.34. The molecule has 0 fully saturated rings. The SMILES string of the molecule is COc1cc2c(cc1C(=O)Nc1cccc(C(=N)N(C)CCCN)n1)CN(C(=O)C(C)(C)C)CC2. The van der Waals surface area contributed by atoms with Crippen molar-refractivity contribution in [1.82, 2.24) is 14.8 Å². The second-order valence-electron chi connectivity index (χ2n) is 9.82. The van der Waals surface area contributed by atoms with Gasteiger partial charge in [0.15, 0.2) is 0 Å². The van der Waals surface area contributed by atoms with Gasteiger partial charge in [-0.2, -0.15) is 0 Å². The van der Waals surface area contributed by atoms with Crippen LogP contribution in [0.4, 0.5) is 5.82 Å². The van der Waals surface area contributed by atoms with E-state index < -0.39 is 5.41 Å². The van der Waals surface area contributed by atoms with Gasteiger partial charge < -0.3 is 25.6 Å². The normalized spacial score (nSPS) is 13.1. The van der Waals surface area contributed by atoms with Gasteiger partial charge in [0, 0.05) is 32.1 Å². The van der Waals surface area contributed by atoms with Crippen LogP contribution in [0.2, 0.25) is 0 Å². The fourth-order valence-electron chi connectivity index (χ4n) is 4.04. The molecule has 0 bridgehead atoms. The first-order valence-corrected chi connectivity index (χ1v) is 11.8. The summed E-state index contributed by atoms with van der Waals surface area (Å²) in [7, 11) is 3.35. The van der Waals surface area contributed by atoms with Crippen LogP contribution in [-0.4, -0.2) is 66.2 Å². The third-order valence-corrected chi connectivity index (χ3v) is 6.02. The van der Waals surface area contributed by atoms with Gasteiger partial charge >= 0.3 is 0 Å². The monoisotopic (exact) mass is 480 g/mol. The number of pyridine rings is 1. The Bertz CT molecular complexity index is 1110. The lowest BCUT2D eigenvalue weighted by Crippen LogP contribution is -2.42. The number of benzene rings is 1. The number of anilines is 1. The van der Waals surface area contributed by atoms with Gasteiger partial charge in [-0.25, -0.2) is 4.98 Å². The lowest BCUT2D eigenvalue weighted by atomic mass is 9.91. The first-order chi connectivity index (χ1) is 16.5. The van der Waals surface area contributed by atoms with E-state index in [9.17, 15) is 9.59 Å². The molecule has 0 saturated carbocycles. The maximum absolute atomic E-state index is 13.2. The Balaban J connectivity index is 1.81. The minimum atomic E-state index is -0.465. The minimum Gasteiger partial charge on any atom is -0.496 e. The van der Waals surface area contributed by atoms with Gasteiger partial charge in [0.1, 0.15) is 23.1 Å². The Morgan fingerprint density at radius 3 is 2.66 bits per heavy atom. The minimum absolute atomic E-state index is 0.0878. The highest BCUT2D eigenvalue weighted by Crippen LogP contribution is 2.30. The summed E-state index contributed by atoms with van der Waals surface area (Å²) < 4.78 is 5.52. The zero-order valence-electron chi connectivity index (χ0n) is 21.3. The molecule has 0 aliphatic carbocycles. The molecule has 35 heavy (non-hydrogen) atoms. The Morgan fingerprint density at radius 1 is 1.26 bits per heavy atom. The van der Waals surface area contributed by atoms with Crippen LogP contribution in [0.25, 0.3) is 0 Å². The van der Waals surface area contributed by atoms with Crippen molar-refractivity contribution < 1.29 is 14.3 Å². The molecule has 1 aliphatic heterocycles. The molecule has 4 N–H and O–H groups in total. The lowest BCUT2D eigenvalue weighted by molar-refractivity contribution is -0.140. The third-order valence-electron chi connectivity index (χ3n) is 6.02. The molecular weight excluding hydrogens is 444 g/mol. The maximum Gasteiger partial charge on any atom is 0.260 e. The summed E-state index contributed by atoms with van der Waals surface area (Å²) in [5.74, 6) is 0.794. The average Bonchev–Trinajstić information content (AvgIpc) is 2.84. The van der Waals surface area contributed by atoms with Crippen LogP contribution in [0.15, 0.2) is 30.3 Å². The van der Waals surface area contributed by atoms with Gasteiger partial charge in [0.2, 0.25) is 5.91 Å². The smallest absolute Gasteiger partial charge is 0.260 e. The van der Waals surface area contributed by atoms with E-state index in [4.69, 9.17) is 15.9 Å². The standard InChI is InChI=1S/C26H36N6O3/c1-26(2,3)25(34)32-13-10-17-15-21(35-5)19(14-18(17)16-32)24(33)30-22-9-6-8-20(29-22)23(28)31(4)12-7-11-27/h6,8-9,14-15,28H,7,10-13,16,27H2,1-5H3,(H,29,30,33). The van der Waals surface area contributed by atoms with Gasteiger partial charge in [0.05, 0.1) is 12.7 Å². The number of methoxy groups -OCH3 is 1. The van der Waals surface area contributed by atoms with Crippen LogP contribution in [0.3, 0.4) is 0 Å². The van der Waals surface area contributed by atoms with Crippen molar-refractivity contribution >= 4 is 23.5 Å². The van der Waals surface area contributed by atoms with E-state index in [1.165, 1.54) is 7.11 Å². The topological polar surface area (TPSA) is 125 Å². The second kappa shape index (κ2) is 10.9. The molecule has 188 valence electrons. The Hall–Kier alpha value is -3.46. The Kier molecular flexibility index (Phi) is 8.11. The van der Waals surface area contributed by atoms with Crippen molar-refractivity contribution in [3.63, 3.8) is 0 Å². The van der Waals surface area contributed by atoms with Crippen LogP contribution >= 0.6 is 0 Å². The number of hydrogen-bond acceptors (Lipinski definition) is 6. The van der Waals surface area contributed by atoms with E-state index in [-0.39, 0.29) is 17.6 Å². The molecule has 0 radical (unpaired) electrons. The van der Waals surface area contributed by atoms with Crippen LogP contribution in [0.5, 0.6) is 5.75 Å². The molecule has 2 amide bonds. The highest BCUT2D eigenvalue weighted by molar-refractivity contribution is 6.06. The van der Waals surface area contributed by atoms with Crippen LogP contribution < -0.4 is 15.8 Å². The van der Waals surface area contributed by atoms with Crippen molar-refractivity contribution in [3.05, 3.63) is 52.7 Å². The number of nitrogens with zero attached hydrogens (tertiary/aromatic N) is 3. The number of hydrogen-bond donors (Lipinski definition) is 3. The first-order valence-electron chi connectivity index (χ1n) is 11.8. The van der Waals surface area contributed by atoms with E-state index in [0.29, 0.717) is 55.4 Å². The predicted molar refractivity (Wildman–Crippen MR) is 137 cm³/mol. The number of ether oxygens (including phenoxy) is 1. The summed E-state index contributed by atoms with van der Waals surface area (Å²) in [4.78, 5) is 34.1. The summed E-state index contributed by atoms with van der Waals surface area (Å²) >= 11 is 0. The molecule has 1 aromatic heterocycles. The second-order valence-corrected chi connectivity index (χ2v) is 9.82. The van der Waals surface area contributed by atoms with Crippen LogP contribution in [-0.2, 0) is 17.8 Å². The fraction of sp³-hybridized carbons (Fsp3) is 0.462. The fourth-order valence-corrected chi connectivity index (χ4v) is 4.04. The highest BCUT2D eigenvalue weighted by Gasteiger charge is 2.30. The largest absolute Gasteiger partial charge is 0.496 e. The number of aromatic nitrogens is 1. The number of amidine groups is 1. The maximum atomic E-state index is 13.2. The number of carbonyl (C=O) groups is 2. The van der Waals surface area contributed by atoms with Gasteiger partial charge in [-0.3, -0.25) is 15.0 Å². The number of rotatable bonds is 7. The summed E-state index contributed by atoms with van der Waals surface area (Å²) in [6.07, 6.45) is 1.48. The van der Waals surface area contributed by atoms with E-state index in [1.54, 1.807) is 29.2 Å². The number of nitrogens with two attached hydrogens (primary N) is 1. The molecule has 1 aromatic carbocycles. The van der Waals surface area contributed by atoms with Crippen molar-refractivity contribution in [2.45, 2.75) is 40.2 Å². The number of fused-ring (bicyclic) bond motifs is 1. The quantitative estimate of drug-likeness (QED) is 0.413. The molecule has 0 spiro atoms. The molecule has 2 aromatic rings. The highest BCUT2D eigenvalue weighted by atomic mass is 16.5. The summed E-state index contributed by atoms with van der Waals surface area (Å²) in [6, 6.07) is 8.86. The van der Waals surface area contributed by atoms with E-state index in [2.05, 4.69) is 10.3 Å². The Labute approximate surface area is 207 Å². The van der Waals surface area contributed by atoms with Gasteiger partial charge in [-0.15, -0.1) is 0 Å². The van der Waals surface area contributed by atoms with Crippen molar-refractivity contribution in [2.75, 3.05) is 39.1 Å². The first kappa shape index (κ1) is 26.2. The van der Waals surface area contributed by atoms with Gasteiger partial charge in [-0.05, 0) is 54.8 Å². The van der Waals surface area contributed by atoms with Gasteiger partial charge in [0.25, 0.3) is 5.91 Å². The van der Waals surface area contributed by atoms with Gasteiger partial charge in [-0.1, -0.05) is 26.8 Å². The molecule has 9 nitrogen and oxygen atoms in total. The van der Waals surface area contributed by atoms with E-state index >= 15 is 0 Å². The molecule has 0 unspecified atom stereocenters. The molecule has 2 heterocycles. The summed E-state index contributed by atoms with van der Waals surface area (Å²) in [6.45, 7) is 8.02. The Morgan fingerprint density at radius 2 is 2.00 bits per heavy atom. The molecule has 9 heteroatoms. The van der Waals surface area contributed by atoms with Crippen molar-refractivity contribution in [3.8, 4) is 5.75 Å². The van der Waals surface area contributed by atoms with Crippen LogP contribution in [0.1, 0.15) is 54.4 Å². The zero-order valence-corrected chi connectivity index (χ0v) is 21.3. The van der Waals surface area contributed by atoms with Crippen LogP contribution in [0, 0.1) is 10.8 Å². The number of nitrogens with one attached hydrogen (secondary N) is 2. The summed E-state index contributed by atoms with van der Waals surface area (Å²) in [5, 5.41) is 11.2. The average molecular weight is 481 g/mol. The molecule has 3 rings (SSSR count). The van der Waals surface area contributed by atoms with E-state index in [0.717, 1.165) is 17.5 Å². The van der Waals surface area contributed by atoms with Crippen molar-refractivity contribution in [2.24, 2.45) is 11.1 Å².